The fraction of sp³-hybridized carbons (Fsp3) is 0.368. The van der Waals surface area contributed by atoms with Gasteiger partial charge in [0.1, 0.15) is 11.3 Å². The summed E-state index contributed by atoms with van der Waals surface area (Å²) in [6.07, 6.45) is -2.98. The minimum Gasteiger partial charge on any atom is -0.423 e. The van der Waals surface area contributed by atoms with E-state index in [0.717, 1.165) is 30.3 Å². The second kappa shape index (κ2) is 5.87. The van der Waals surface area contributed by atoms with Gasteiger partial charge in [0.2, 0.25) is 0 Å². The monoisotopic (exact) mass is 374 g/mol. The highest BCUT2D eigenvalue weighted by atomic mass is 19.4. The maximum absolute atomic E-state index is 13.3. The zero-order chi connectivity index (χ0) is 18.6. The van der Waals surface area contributed by atoms with E-state index < -0.39 is 11.7 Å². The summed E-state index contributed by atoms with van der Waals surface area (Å²) in [5.41, 5.74) is 0.893. The zero-order valence-electron chi connectivity index (χ0n) is 14.4. The van der Waals surface area contributed by atoms with Crippen LogP contribution in [-0.2, 0) is 6.18 Å². The molecule has 0 bridgehead atoms. The molecule has 2 aliphatic heterocycles. The zero-order valence-corrected chi connectivity index (χ0v) is 14.4. The molecule has 2 unspecified atom stereocenters. The summed E-state index contributed by atoms with van der Waals surface area (Å²) >= 11 is 0. The van der Waals surface area contributed by atoms with E-state index >= 15 is 0 Å². The summed E-state index contributed by atoms with van der Waals surface area (Å²) in [6.45, 7) is 2.56. The number of pyridine rings is 1. The van der Waals surface area contributed by atoms with E-state index in [-0.39, 0.29) is 17.7 Å². The number of oxazole rings is 1. The van der Waals surface area contributed by atoms with Gasteiger partial charge >= 0.3 is 6.18 Å². The van der Waals surface area contributed by atoms with Crippen LogP contribution in [0.25, 0.3) is 11.1 Å². The van der Waals surface area contributed by atoms with Gasteiger partial charge in [-0.2, -0.15) is 18.2 Å². The number of benzene rings is 1. The van der Waals surface area contributed by atoms with Gasteiger partial charge < -0.3 is 14.2 Å². The topological polar surface area (TPSA) is 45.4 Å². The van der Waals surface area contributed by atoms with Crippen molar-refractivity contribution in [1.82, 2.24) is 9.97 Å². The average Bonchev–Trinajstić information content (AvgIpc) is 3.33. The van der Waals surface area contributed by atoms with E-state index in [2.05, 4.69) is 14.9 Å². The molecule has 4 heterocycles. The fourth-order valence-corrected chi connectivity index (χ4v) is 4.19. The first kappa shape index (κ1) is 16.4. The standard InChI is InChI=1S/C19H17F3N4O/c20-19(21,22)14-4-3-7-23-17(14)25-8-12-10-26(11-13(12)9-25)18-24-15-5-1-2-6-16(15)27-18/h1-7,12-13H,8-11H2. The van der Waals surface area contributed by atoms with Gasteiger partial charge in [-0.3, -0.25) is 0 Å². The second-order valence-electron chi connectivity index (χ2n) is 7.17. The van der Waals surface area contributed by atoms with E-state index in [4.69, 9.17) is 4.42 Å². The Bertz CT molecular complexity index is 939. The lowest BCUT2D eigenvalue weighted by Crippen LogP contribution is -2.30. The number of fused-ring (bicyclic) bond motifs is 2. The molecule has 8 heteroatoms. The van der Waals surface area contributed by atoms with Gasteiger partial charge in [0.15, 0.2) is 5.58 Å². The third kappa shape index (κ3) is 2.79. The summed E-state index contributed by atoms with van der Waals surface area (Å²) in [4.78, 5) is 12.4. The van der Waals surface area contributed by atoms with Gasteiger partial charge in [0, 0.05) is 44.2 Å². The number of hydrogen-bond donors (Lipinski definition) is 0. The molecule has 2 aromatic heterocycles. The highest BCUT2D eigenvalue weighted by Crippen LogP contribution is 2.40. The number of halogens is 3. The van der Waals surface area contributed by atoms with E-state index in [1.807, 2.05) is 24.3 Å². The minimum absolute atomic E-state index is 0.0350. The highest BCUT2D eigenvalue weighted by molar-refractivity contribution is 5.74. The molecule has 27 heavy (non-hydrogen) atoms. The second-order valence-corrected chi connectivity index (χ2v) is 7.17. The molecule has 0 spiro atoms. The van der Waals surface area contributed by atoms with Crippen LogP contribution in [-0.4, -0.2) is 36.1 Å². The highest BCUT2D eigenvalue weighted by Gasteiger charge is 2.44. The SMILES string of the molecule is FC(F)(F)c1cccnc1N1CC2CN(c3nc4ccccc4o3)CC2C1. The number of hydrogen-bond acceptors (Lipinski definition) is 5. The average molecular weight is 374 g/mol. The molecule has 140 valence electrons. The summed E-state index contributed by atoms with van der Waals surface area (Å²) in [6, 6.07) is 10.6. The van der Waals surface area contributed by atoms with Gasteiger partial charge in [-0.15, -0.1) is 0 Å². The number of nitrogens with zero attached hydrogens (tertiary/aromatic N) is 4. The molecule has 2 fully saturated rings. The molecule has 5 nitrogen and oxygen atoms in total. The summed E-state index contributed by atoms with van der Waals surface area (Å²) < 4.78 is 45.7. The summed E-state index contributed by atoms with van der Waals surface area (Å²) in [7, 11) is 0. The molecule has 2 atom stereocenters. The molecule has 5 rings (SSSR count). The molecular weight excluding hydrogens is 357 g/mol. The molecule has 2 saturated heterocycles. The van der Waals surface area contributed by atoms with Crippen LogP contribution in [0.1, 0.15) is 5.56 Å². The van der Waals surface area contributed by atoms with Crippen LogP contribution in [0.4, 0.5) is 25.0 Å². The van der Waals surface area contributed by atoms with Crippen molar-refractivity contribution in [3.05, 3.63) is 48.2 Å². The van der Waals surface area contributed by atoms with E-state index in [0.29, 0.717) is 19.1 Å². The van der Waals surface area contributed by atoms with Crippen molar-refractivity contribution in [3.8, 4) is 0 Å². The first-order valence-electron chi connectivity index (χ1n) is 8.87. The van der Waals surface area contributed by atoms with Crippen molar-refractivity contribution in [3.63, 3.8) is 0 Å². The largest absolute Gasteiger partial charge is 0.423 e. The predicted molar refractivity (Wildman–Crippen MR) is 94.7 cm³/mol. The van der Waals surface area contributed by atoms with E-state index in [1.165, 1.54) is 12.3 Å². The van der Waals surface area contributed by atoms with Crippen molar-refractivity contribution in [2.45, 2.75) is 6.18 Å². The third-order valence-corrected chi connectivity index (χ3v) is 5.43. The van der Waals surface area contributed by atoms with Gasteiger partial charge in [0.05, 0.1) is 5.56 Å². The molecule has 0 radical (unpaired) electrons. The summed E-state index contributed by atoms with van der Waals surface area (Å²) in [5, 5.41) is 0. The molecule has 1 aromatic carbocycles. The van der Waals surface area contributed by atoms with Gasteiger partial charge in [-0.1, -0.05) is 12.1 Å². The molecule has 0 aliphatic carbocycles. The number of anilines is 2. The Hall–Kier alpha value is -2.77. The van der Waals surface area contributed by atoms with Gasteiger partial charge in [-0.25, -0.2) is 4.98 Å². The lowest BCUT2D eigenvalue weighted by atomic mass is 10.0. The van der Waals surface area contributed by atoms with Crippen molar-refractivity contribution < 1.29 is 17.6 Å². The Morgan fingerprint density at radius 1 is 0.926 bits per heavy atom. The predicted octanol–water partition coefficient (Wildman–Crippen LogP) is 3.81. The van der Waals surface area contributed by atoms with Crippen molar-refractivity contribution in [1.29, 1.82) is 0 Å². The Balaban J connectivity index is 1.34. The summed E-state index contributed by atoms with van der Waals surface area (Å²) in [5.74, 6) is 0.569. The number of aromatic nitrogens is 2. The van der Waals surface area contributed by atoms with Crippen molar-refractivity contribution in [2.75, 3.05) is 36.0 Å². The maximum Gasteiger partial charge on any atom is 0.419 e. The van der Waals surface area contributed by atoms with Crippen molar-refractivity contribution >= 4 is 22.9 Å². The fourth-order valence-electron chi connectivity index (χ4n) is 4.19. The minimum atomic E-state index is -4.40. The number of para-hydroxylation sites is 2. The number of rotatable bonds is 2. The van der Waals surface area contributed by atoms with E-state index in [9.17, 15) is 13.2 Å². The first-order valence-corrected chi connectivity index (χ1v) is 8.87. The Morgan fingerprint density at radius 3 is 2.33 bits per heavy atom. The van der Waals surface area contributed by atoms with Crippen LogP contribution in [0.5, 0.6) is 0 Å². The molecule has 2 aliphatic rings. The number of alkyl halides is 3. The van der Waals surface area contributed by atoms with Crippen LogP contribution in [0.3, 0.4) is 0 Å². The lowest BCUT2D eigenvalue weighted by molar-refractivity contribution is -0.137. The Labute approximate surface area is 153 Å². The third-order valence-electron chi connectivity index (χ3n) is 5.43. The smallest absolute Gasteiger partial charge is 0.419 e. The van der Waals surface area contributed by atoms with Crippen LogP contribution < -0.4 is 9.80 Å². The van der Waals surface area contributed by atoms with Gasteiger partial charge in [-0.05, 0) is 24.3 Å². The quantitative estimate of drug-likeness (QED) is 0.683. The first-order chi connectivity index (χ1) is 13.0. The van der Waals surface area contributed by atoms with Gasteiger partial charge in [0.25, 0.3) is 6.01 Å². The molecule has 0 amide bonds. The van der Waals surface area contributed by atoms with Crippen LogP contribution in [0.2, 0.25) is 0 Å². The van der Waals surface area contributed by atoms with Crippen LogP contribution in [0.15, 0.2) is 47.0 Å². The normalized spacial score (nSPS) is 22.6. The Kier molecular flexibility index (Phi) is 3.57. The van der Waals surface area contributed by atoms with Crippen LogP contribution >= 0.6 is 0 Å². The maximum atomic E-state index is 13.3. The van der Waals surface area contributed by atoms with Crippen molar-refractivity contribution in [2.24, 2.45) is 11.8 Å². The molecular formula is C19H17F3N4O. The molecule has 0 N–H and O–H groups in total. The van der Waals surface area contributed by atoms with E-state index in [1.54, 1.807) is 4.90 Å². The molecule has 0 saturated carbocycles. The van der Waals surface area contributed by atoms with Crippen LogP contribution in [0, 0.1) is 11.8 Å². The molecule has 3 aromatic rings. The lowest BCUT2D eigenvalue weighted by Gasteiger charge is -2.24. The Morgan fingerprint density at radius 2 is 1.63 bits per heavy atom.